The molecular weight excluding hydrogens is 342 g/mol. The molecule has 0 unspecified atom stereocenters. The predicted molar refractivity (Wildman–Crippen MR) is 81.0 cm³/mol. The van der Waals surface area contributed by atoms with E-state index in [1.54, 1.807) is 0 Å². The minimum absolute atomic E-state index is 0.0409. The number of amides is 2. The van der Waals surface area contributed by atoms with E-state index >= 15 is 0 Å². The molecule has 0 aliphatic carbocycles. The third kappa shape index (κ3) is 5.14. The van der Waals surface area contributed by atoms with E-state index < -0.39 is 10.8 Å². The Kier molecular flexibility index (Phi) is 6.29. The smallest absolute Gasteiger partial charge is 0.284 e. The standard InChI is InChI=1S/C13H16BrN3O4/c1-8(2)16-11(18)6-7-15-13(19)9-4-3-5-10(12(9)14)17(20)21/h3-5,8H,6-7H2,1-2H3,(H,15,19)(H,16,18). The molecule has 114 valence electrons. The number of carbonyl (C=O) groups excluding carboxylic acids is 2. The van der Waals surface area contributed by atoms with Gasteiger partial charge in [-0.25, -0.2) is 0 Å². The lowest BCUT2D eigenvalue weighted by atomic mass is 10.2. The van der Waals surface area contributed by atoms with Crippen molar-refractivity contribution in [1.82, 2.24) is 10.6 Å². The van der Waals surface area contributed by atoms with Crippen LogP contribution < -0.4 is 10.6 Å². The van der Waals surface area contributed by atoms with Crippen molar-refractivity contribution in [1.29, 1.82) is 0 Å². The highest BCUT2D eigenvalue weighted by molar-refractivity contribution is 9.10. The Morgan fingerprint density at radius 1 is 1.38 bits per heavy atom. The third-order valence-corrected chi connectivity index (χ3v) is 3.34. The summed E-state index contributed by atoms with van der Waals surface area (Å²) in [7, 11) is 0. The van der Waals surface area contributed by atoms with Crippen molar-refractivity contribution in [3.63, 3.8) is 0 Å². The molecule has 0 aromatic heterocycles. The van der Waals surface area contributed by atoms with E-state index in [0.29, 0.717) is 0 Å². The number of nitrogens with zero attached hydrogens (tertiary/aromatic N) is 1. The maximum atomic E-state index is 11.9. The van der Waals surface area contributed by atoms with Crippen molar-refractivity contribution >= 4 is 33.4 Å². The molecule has 0 heterocycles. The minimum atomic E-state index is -0.572. The number of carbonyl (C=O) groups is 2. The fourth-order valence-corrected chi connectivity index (χ4v) is 2.20. The molecule has 0 aliphatic rings. The van der Waals surface area contributed by atoms with Crippen LogP contribution in [0, 0.1) is 10.1 Å². The summed E-state index contributed by atoms with van der Waals surface area (Å²) < 4.78 is 0.124. The Morgan fingerprint density at radius 3 is 2.62 bits per heavy atom. The molecule has 0 spiro atoms. The van der Waals surface area contributed by atoms with Gasteiger partial charge in [0.15, 0.2) is 0 Å². The normalized spacial score (nSPS) is 10.3. The van der Waals surface area contributed by atoms with Crippen LogP contribution in [0.15, 0.2) is 22.7 Å². The first-order valence-corrected chi connectivity index (χ1v) is 7.12. The summed E-state index contributed by atoms with van der Waals surface area (Å²) in [6, 6.07) is 4.25. The number of nitro groups is 1. The highest BCUT2D eigenvalue weighted by Crippen LogP contribution is 2.28. The Balaban J connectivity index is 2.63. The maximum absolute atomic E-state index is 11.9. The van der Waals surface area contributed by atoms with Gasteiger partial charge in [-0.05, 0) is 35.8 Å². The van der Waals surface area contributed by atoms with E-state index in [1.807, 2.05) is 13.8 Å². The van der Waals surface area contributed by atoms with E-state index in [2.05, 4.69) is 26.6 Å². The van der Waals surface area contributed by atoms with Gasteiger partial charge in [0.05, 0.1) is 10.5 Å². The molecular formula is C13H16BrN3O4. The molecule has 0 saturated heterocycles. The second-order valence-corrected chi connectivity index (χ2v) is 5.42. The van der Waals surface area contributed by atoms with Crippen molar-refractivity contribution in [2.24, 2.45) is 0 Å². The monoisotopic (exact) mass is 357 g/mol. The van der Waals surface area contributed by atoms with Crippen LogP contribution in [-0.2, 0) is 4.79 Å². The summed E-state index contributed by atoms with van der Waals surface area (Å²) in [4.78, 5) is 33.6. The van der Waals surface area contributed by atoms with E-state index in [1.165, 1.54) is 18.2 Å². The fraction of sp³-hybridized carbons (Fsp3) is 0.385. The van der Waals surface area contributed by atoms with Gasteiger partial charge >= 0.3 is 0 Å². The van der Waals surface area contributed by atoms with Crippen molar-refractivity contribution in [2.45, 2.75) is 26.3 Å². The van der Waals surface area contributed by atoms with Gasteiger partial charge in [0.1, 0.15) is 4.47 Å². The van der Waals surface area contributed by atoms with Gasteiger partial charge in [-0.15, -0.1) is 0 Å². The predicted octanol–water partition coefficient (Wildman–Crippen LogP) is 2.00. The Labute approximate surface area is 130 Å². The molecule has 0 fully saturated rings. The largest absolute Gasteiger partial charge is 0.354 e. The van der Waals surface area contributed by atoms with Crippen molar-refractivity contribution in [3.05, 3.63) is 38.3 Å². The molecule has 2 N–H and O–H groups in total. The zero-order valence-electron chi connectivity index (χ0n) is 11.7. The van der Waals surface area contributed by atoms with E-state index in [9.17, 15) is 19.7 Å². The Morgan fingerprint density at radius 2 is 2.05 bits per heavy atom. The third-order valence-electron chi connectivity index (χ3n) is 2.51. The highest BCUT2D eigenvalue weighted by atomic mass is 79.9. The molecule has 2 amide bonds. The van der Waals surface area contributed by atoms with Crippen LogP contribution in [-0.4, -0.2) is 29.3 Å². The first-order chi connectivity index (χ1) is 9.82. The van der Waals surface area contributed by atoms with Crippen molar-refractivity contribution in [3.8, 4) is 0 Å². The fourth-order valence-electron chi connectivity index (χ4n) is 1.62. The average molecular weight is 358 g/mol. The molecule has 0 radical (unpaired) electrons. The van der Waals surface area contributed by atoms with Gasteiger partial charge in [-0.2, -0.15) is 0 Å². The van der Waals surface area contributed by atoms with Gasteiger partial charge in [-0.1, -0.05) is 6.07 Å². The van der Waals surface area contributed by atoms with Crippen LogP contribution in [0.1, 0.15) is 30.6 Å². The van der Waals surface area contributed by atoms with Gasteiger partial charge in [0.2, 0.25) is 5.91 Å². The zero-order chi connectivity index (χ0) is 16.0. The van der Waals surface area contributed by atoms with Crippen LogP contribution >= 0.6 is 15.9 Å². The average Bonchev–Trinajstić information content (AvgIpc) is 2.37. The molecule has 1 aromatic carbocycles. The van der Waals surface area contributed by atoms with Gasteiger partial charge in [0.25, 0.3) is 11.6 Å². The summed E-state index contributed by atoms with van der Waals surface area (Å²) in [5.41, 5.74) is -0.0198. The molecule has 0 atom stereocenters. The van der Waals surface area contributed by atoms with E-state index in [0.717, 1.165) is 0 Å². The zero-order valence-corrected chi connectivity index (χ0v) is 13.3. The molecule has 1 rings (SSSR count). The van der Waals surface area contributed by atoms with E-state index in [4.69, 9.17) is 0 Å². The number of nitro benzene ring substituents is 1. The minimum Gasteiger partial charge on any atom is -0.354 e. The van der Waals surface area contributed by atoms with Crippen LogP contribution in [0.25, 0.3) is 0 Å². The summed E-state index contributed by atoms with van der Waals surface area (Å²) in [6.07, 6.45) is 0.149. The summed E-state index contributed by atoms with van der Waals surface area (Å²) in [6.45, 7) is 3.85. The van der Waals surface area contributed by atoms with Gasteiger partial charge in [0, 0.05) is 25.1 Å². The lowest BCUT2D eigenvalue weighted by Crippen LogP contribution is -2.34. The molecule has 1 aromatic rings. The van der Waals surface area contributed by atoms with Crippen LogP contribution in [0.4, 0.5) is 5.69 Å². The van der Waals surface area contributed by atoms with Crippen LogP contribution in [0.2, 0.25) is 0 Å². The highest BCUT2D eigenvalue weighted by Gasteiger charge is 2.19. The number of rotatable bonds is 6. The van der Waals surface area contributed by atoms with Crippen molar-refractivity contribution in [2.75, 3.05) is 6.54 Å². The van der Waals surface area contributed by atoms with Crippen LogP contribution in [0.5, 0.6) is 0 Å². The van der Waals surface area contributed by atoms with Crippen molar-refractivity contribution < 1.29 is 14.5 Å². The number of nitrogens with one attached hydrogen (secondary N) is 2. The second kappa shape index (κ2) is 7.72. The Hall–Kier alpha value is -1.96. The van der Waals surface area contributed by atoms with Gasteiger partial charge in [-0.3, -0.25) is 19.7 Å². The molecule has 21 heavy (non-hydrogen) atoms. The molecule has 7 nitrogen and oxygen atoms in total. The second-order valence-electron chi connectivity index (χ2n) is 4.62. The number of hydrogen-bond donors (Lipinski definition) is 2. The van der Waals surface area contributed by atoms with Gasteiger partial charge < -0.3 is 10.6 Å². The number of halogens is 1. The quantitative estimate of drug-likeness (QED) is 0.600. The Bertz CT molecular complexity index is 560. The SMILES string of the molecule is CC(C)NC(=O)CCNC(=O)c1cccc([N+](=O)[O-])c1Br. The summed E-state index contributed by atoms with van der Waals surface area (Å²) >= 11 is 3.05. The van der Waals surface area contributed by atoms with Crippen LogP contribution in [0.3, 0.4) is 0 Å². The van der Waals surface area contributed by atoms with E-state index in [-0.39, 0.29) is 40.6 Å². The first-order valence-electron chi connectivity index (χ1n) is 6.33. The number of hydrogen-bond acceptors (Lipinski definition) is 4. The molecule has 0 aliphatic heterocycles. The topological polar surface area (TPSA) is 101 Å². The first kappa shape index (κ1) is 17.1. The summed E-state index contributed by atoms with van der Waals surface area (Å²) in [5, 5.41) is 16.1. The summed E-state index contributed by atoms with van der Waals surface area (Å²) in [5.74, 6) is -0.633. The molecule has 0 bridgehead atoms. The molecule has 0 saturated carbocycles. The lowest BCUT2D eigenvalue weighted by molar-refractivity contribution is -0.385. The molecule has 8 heteroatoms. The number of benzene rings is 1. The maximum Gasteiger partial charge on any atom is 0.284 e. The lowest BCUT2D eigenvalue weighted by Gasteiger charge is -2.09.